The molecular weight excluding hydrogens is 506 g/mol. The van der Waals surface area contributed by atoms with Crippen LogP contribution in [0.3, 0.4) is 0 Å². The van der Waals surface area contributed by atoms with E-state index in [0.29, 0.717) is 38.5 Å². The highest BCUT2D eigenvalue weighted by Crippen LogP contribution is 2.41. The summed E-state index contributed by atoms with van der Waals surface area (Å²) >= 11 is 2.57. The summed E-state index contributed by atoms with van der Waals surface area (Å²) in [6.07, 6.45) is 1.50. The smallest absolute Gasteiger partial charge is 0.256 e. The molecule has 2 aromatic carbocycles. The first-order chi connectivity index (χ1) is 18.0. The first-order valence-corrected chi connectivity index (χ1v) is 13.1. The van der Waals surface area contributed by atoms with Crippen LogP contribution in [0.1, 0.15) is 18.6 Å². The average Bonchev–Trinajstić information content (AvgIpc) is 3.57. The van der Waals surface area contributed by atoms with E-state index in [4.69, 9.17) is 4.42 Å². The third-order valence-corrected chi connectivity index (χ3v) is 7.61. The number of para-hydroxylation sites is 2. The average molecular weight is 528 g/mol. The molecule has 1 aliphatic heterocycles. The van der Waals surface area contributed by atoms with Crippen molar-refractivity contribution in [2.24, 2.45) is 0 Å². The van der Waals surface area contributed by atoms with Crippen LogP contribution in [0.25, 0.3) is 10.2 Å². The molecule has 0 aliphatic carbocycles. The second kappa shape index (κ2) is 10.7. The summed E-state index contributed by atoms with van der Waals surface area (Å²) in [5.41, 5.74) is 2.70. The van der Waals surface area contributed by atoms with Gasteiger partial charge in [0.1, 0.15) is 5.76 Å². The number of benzene rings is 2. The lowest BCUT2D eigenvalue weighted by Crippen LogP contribution is -2.31. The summed E-state index contributed by atoms with van der Waals surface area (Å²) in [5.74, 6) is -0.801. The number of anilines is 2. The molecule has 0 radical (unpaired) electrons. The maximum Gasteiger partial charge on any atom is 0.256 e. The normalized spacial score (nSPS) is 15.3. The maximum absolute atomic E-state index is 13.5. The summed E-state index contributed by atoms with van der Waals surface area (Å²) in [5, 5.41) is 20.0. The number of carbonyl (C=O) groups is 2. The van der Waals surface area contributed by atoms with Crippen LogP contribution in [-0.4, -0.2) is 22.6 Å². The topological polar surface area (TPSA) is 120 Å². The van der Waals surface area contributed by atoms with E-state index in [0.717, 1.165) is 10.2 Å². The number of thioether (sulfide) groups is 1. The molecular formula is C27H21N5O3S2. The van der Waals surface area contributed by atoms with Gasteiger partial charge in [-0.05, 0) is 43.3 Å². The third kappa shape index (κ3) is 5.28. The van der Waals surface area contributed by atoms with Crippen LogP contribution in [0.5, 0.6) is 0 Å². The Morgan fingerprint density at radius 3 is 2.62 bits per heavy atom. The van der Waals surface area contributed by atoms with Crippen LogP contribution >= 0.6 is 23.1 Å². The van der Waals surface area contributed by atoms with E-state index in [9.17, 15) is 14.9 Å². The number of nitriles is 1. The van der Waals surface area contributed by atoms with Crippen molar-refractivity contribution in [1.82, 2.24) is 10.3 Å². The number of rotatable bonds is 7. The number of dihydropyridines is 1. The molecule has 1 aliphatic rings. The SMILES string of the molecule is CC1=C(C(=O)Nc2nc3ccccc3s2)[C@@H](c2ccco2)C(C#N)=C(SCC(=O)Nc2ccccc2)N1. The van der Waals surface area contributed by atoms with E-state index in [1.54, 1.807) is 31.2 Å². The van der Waals surface area contributed by atoms with Gasteiger partial charge in [-0.2, -0.15) is 5.26 Å². The van der Waals surface area contributed by atoms with Gasteiger partial charge in [0.05, 0.1) is 50.4 Å². The van der Waals surface area contributed by atoms with Crippen molar-refractivity contribution in [2.75, 3.05) is 16.4 Å². The molecule has 184 valence electrons. The standard InChI is InChI=1S/C27H21N5O3S2/c1-16-23(25(34)32-27-31-19-10-5-6-12-21(19)37-27)24(20-11-7-13-35-20)18(14-28)26(29-16)36-15-22(33)30-17-8-3-2-4-9-17/h2-13,24,29H,15H2,1H3,(H,30,33)(H,31,32,34)/t24-/m1/s1. The van der Waals surface area contributed by atoms with Gasteiger partial charge < -0.3 is 15.1 Å². The zero-order valence-corrected chi connectivity index (χ0v) is 21.3. The molecule has 5 rings (SSSR count). The first-order valence-electron chi connectivity index (χ1n) is 11.3. The molecule has 1 atom stereocenters. The molecule has 8 nitrogen and oxygen atoms in total. The quantitative estimate of drug-likeness (QED) is 0.286. The van der Waals surface area contributed by atoms with Gasteiger partial charge in [0.25, 0.3) is 5.91 Å². The monoisotopic (exact) mass is 527 g/mol. The zero-order chi connectivity index (χ0) is 25.8. The molecule has 0 bridgehead atoms. The van der Waals surface area contributed by atoms with Crippen molar-refractivity contribution in [3.8, 4) is 6.07 Å². The molecule has 3 heterocycles. The van der Waals surface area contributed by atoms with Crippen molar-refractivity contribution < 1.29 is 14.0 Å². The lowest BCUT2D eigenvalue weighted by Gasteiger charge is -2.28. The second-order valence-electron chi connectivity index (χ2n) is 8.11. The summed E-state index contributed by atoms with van der Waals surface area (Å²) in [6, 6.07) is 22.5. The number of hydrogen-bond acceptors (Lipinski definition) is 8. The summed E-state index contributed by atoms with van der Waals surface area (Å²) in [6.45, 7) is 1.77. The molecule has 0 saturated heterocycles. The third-order valence-electron chi connectivity index (χ3n) is 5.64. The van der Waals surface area contributed by atoms with Crippen LogP contribution in [0.2, 0.25) is 0 Å². The van der Waals surface area contributed by atoms with E-state index in [1.807, 2.05) is 42.5 Å². The number of carbonyl (C=O) groups excluding carboxylic acids is 2. The lowest BCUT2D eigenvalue weighted by atomic mass is 9.85. The minimum absolute atomic E-state index is 0.0772. The summed E-state index contributed by atoms with van der Waals surface area (Å²) < 4.78 is 6.61. The van der Waals surface area contributed by atoms with Gasteiger partial charge >= 0.3 is 0 Å². The van der Waals surface area contributed by atoms with Crippen LogP contribution < -0.4 is 16.0 Å². The molecule has 37 heavy (non-hydrogen) atoms. The molecule has 4 aromatic rings. The molecule has 3 N–H and O–H groups in total. The van der Waals surface area contributed by atoms with E-state index >= 15 is 0 Å². The molecule has 0 fully saturated rings. The number of hydrogen-bond donors (Lipinski definition) is 3. The molecule has 2 amide bonds. The number of nitrogens with one attached hydrogen (secondary N) is 3. The Balaban J connectivity index is 1.40. The van der Waals surface area contributed by atoms with E-state index in [-0.39, 0.29) is 17.6 Å². The van der Waals surface area contributed by atoms with Gasteiger partial charge in [0.15, 0.2) is 5.13 Å². The number of fused-ring (bicyclic) bond motifs is 1. The lowest BCUT2D eigenvalue weighted by molar-refractivity contribution is -0.114. The summed E-state index contributed by atoms with van der Waals surface area (Å²) in [4.78, 5) is 30.5. The Bertz CT molecular complexity index is 1530. The Labute approximate surface area is 221 Å². The van der Waals surface area contributed by atoms with Gasteiger partial charge in [-0.15, -0.1) is 0 Å². The Kier molecular flexibility index (Phi) is 7.07. The van der Waals surface area contributed by atoms with E-state index in [1.165, 1.54) is 29.4 Å². The van der Waals surface area contributed by atoms with Gasteiger partial charge in [0.2, 0.25) is 5.91 Å². The highest BCUT2D eigenvalue weighted by atomic mass is 32.2. The van der Waals surface area contributed by atoms with Crippen molar-refractivity contribution in [2.45, 2.75) is 12.8 Å². The highest BCUT2D eigenvalue weighted by Gasteiger charge is 2.36. The predicted molar refractivity (Wildman–Crippen MR) is 146 cm³/mol. The van der Waals surface area contributed by atoms with Crippen molar-refractivity contribution in [3.63, 3.8) is 0 Å². The van der Waals surface area contributed by atoms with E-state index < -0.39 is 5.92 Å². The number of allylic oxidation sites excluding steroid dienone is 2. The molecule has 0 unspecified atom stereocenters. The van der Waals surface area contributed by atoms with Gasteiger partial charge in [-0.25, -0.2) is 4.98 Å². The molecule has 2 aromatic heterocycles. The summed E-state index contributed by atoms with van der Waals surface area (Å²) in [7, 11) is 0. The minimum Gasteiger partial charge on any atom is -0.468 e. The van der Waals surface area contributed by atoms with Crippen molar-refractivity contribution >= 4 is 55.9 Å². The van der Waals surface area contributed by atoms with E-state index in [2.05, 4.69) is 27.0 Å². The minimum atomic E-state index is -0.740. The zero-order valence-electron chi connectivity index (χ0n) is 19.6. The molecule has 0 saturated carbocycles. The second-order valence-corrected chi connectivity index (χ2v) is 10.1. The Morgan fingerprint density at radius 2 is 1.89 bits per heavy atom. The van der Waals surface area contributed by atoms with Crippen molar-refractivity contribution in [3.05, 3.63) is 101 Å². The van der Waals surface area contributed by atoms with Crippen LogP contribution in [0.4, 0.5) is 10.8 Å². The van der Waals surface area contributed by atoms with Crippen molar-refractivity contribution in [1.29, 1.82) is 5.26 Å². The van der Waals surface area contributed by atoms with Crippen LogP contribution in [0.15, 0.2) is 99.3 Å². The first kappa shape index (κ1) is 24.4. The fraction of sp³-hybridized carbons (Fsp3) is 0.111. The fourth-order valence-corrected chi connectivity index (χ4v) is 5.77. The van der Waals surface area contributed by atoms with Crippen LogP contribution in [-0.2, 0) is 9.59 Å². The number of thiazole rings is 1. The largest absolute Gasteiger partial charge is 0.468 e. The maximum atomic E-state index is 13.5. The van der Waals surface area contributed by atoms with Gasteiger partial charge in [-0.1, -0.05) is 53.4 Å². The number of amides is 2. The fourth-order valence-electron chi connectivity index (χ4n) is 4.01. The molecule has 0 spiro atoms. The Morgan fingerprint density at radius 1 is 1.11 bits per heavy atom. The van der Waals surface area contributed by atoms with Gasteiger partial charge in [0, 0.05) is 11.4 Å². The predicted octanol–water partition coefficient (Wildman–Crippen LogP) is 5.60. The number of furan rings is 1. The van der Waals surface area contributed by atoms with Crippen LogP contribution in [0, 0.1) is 11.3 Å². The number of nitrogens with zero attached hydrogens (tertiary/aromatic N) is 2. The number of aromatic nitrogens is 1. The highest BCUT2D eigenvalue weighted by molar-refractivity contribution is 8.03. The molecule has 10 heteroatoms. The Hall–Kier alpha value is -4.33. The van der Waals surface area contributed by atoms with Gasteiger partial charge in [-0.3, -0.25) is 14.9 Å².